The lowest BCUT2D eigenvalue weighted by Crippen LogP contribution is -2.55. The van der Waals surface area contributed by atoms with Crippen molar-refractivity contribution in [2.24, 2.45) is 106 Å². The number of nitrogens with one attached hydrogen (secondary N) is 6. The fourth-order valence-electron chi connectivity index (χ4n) is 13.9. The van der Waals surface area contributed by atoms with E-state index in [-0.39, 0.29) is 151 Å². The van der Waals surface area contributed by atoms with Crippen molar-refractivity contribution < 1.29 is 68.4 Å². The second-order valence-corrected chi connectivity index (χ2v) is 30.1. The molecule has 2 saturated heterocycles. The van der Waals surface area contributed by atoms with E-state index in [1.54, 1.807) is 47.0 Å². The maximum atomic E-state index is 13.7. The molecule has 0 aromatic carbocycles. The molecular formula is C68H134N8O14S4-2. The Morgan fingerprint density at radius 1 is 0.500 bits per heavy atom. The predicted molar refractivity (Wildman–Crippen MR) is 390 cm³/mol. The van der Waals surface area contributed by atoms with E-state index in [9.17, 15) is 68.4 Å². The van der Waals surface area contributed by atoms with Crippen LogP contribution in [0.3, 0.4) is 0 Å². The maximum Gasteiger partial charge on any atom is 0.306 e. The zero-order valence-electron chi connectivity index (χ0n) is 51.9. The number of carbonyl (C=O) groups is 10. The van der Waals surface area contributed by atoms with Gasteiger partial charge in [-0.3, -0.25) is 38.4 Å². The number of carboxylic acid groups (broad SMARTS) is 4. The van der Waals surface area contributed by atoms with Crippen LogP contribution in [0, 0.1) is 94.7 Å². The molecule has 2 heterocycles. The molecule has 22 nitrogen and oxygen atoms in total. The predicted octanol–water partition coefficient (Wildman–Crippen LogP) is 6.99. The third-order valence-corrected chi connectivity index (χ3v) is 25.4. The average Bonchev–Trinajstić information content (AvgIpc) is 0.959. The molecule has 4 fully saturated rings. The minimum atomic E-state index is -1.22. The molecule has 4 bridgehead atoms. The summed E-state index contributed by atoms with van der Waals surface area (Å²) in [6.07, 6.45) is 3.96. The van der Waals surface area contributed by atoms with Crippen molar-refractivity contribution >= 4 is 107 Å². The summed E-state index contributed by atoms with van der Waals surface area (Å²) in [5, 5.41) is 63.3. The van der Waals surface area contributed by atoms with Crippen LogP contribution in [0.15, 0.2) is 0 Å². The van der Waals surface area contributed by atoms with Crippen molar-refractivity contribution in [2.75, 3.05) is 86.9 Å². The Bertz CT molecular complexity index is 2210. The SMILES string of the molecule is C.C.C.C.C.C.C.C.CC1CC(C(=O)O)CC2C(=O)NCCSC(CCNC=O)(C(C)C(C(=O)O)CC(C(=O)NCCSCCNC=O)CC1C)C2C.CC1CC(C(=O)[O-])CC2C(=O)NCCSC(CCN)(C(C)C(C(=O)[O-])CC(C(=O)NCCSCCN)CC1C)C2C. The molecule has 4 rings (SSSR count). The van der Waals surface area contributed by atoms with Crippen LogP contribution in [0.4, 0.5) is 0 Å². The number of hydrogen-bond donors (Lipinski definition) is 10. The van der Waals surface area contributed by atoms with Crippen LogP contribution in [0.2, 0.25) is 0 Å². The Kier molecular flexibility index (Phi) is 55.1. The highest BCUT2D eigenvalue weighted by Crippen LogP contribution is 2.54. The molecule has 556 valence electrons. The van der Waals surface area contributed by atoms with Crippen LogP contribution in [0.5, 0.6) is 0 Å². The van der Waals surface area contributed by atoms with Crippen molar-refractivity contribution in [3.05, 3.63) is 0 Å². The van der Waals surface area contributed by atoms with Gasteiger partial charge in [0, 0.05) is 131 Å². The number of fused-ring (bicyclic) bond motifs is 4. The lowest BCUT2D eigenvalue weighted by molar-refractivity contribution is -0.314. The Morgan fingerprint density at radius 2 is 0.883 bits per heavy atom. The number of thioether (sulfide) groups is 4. The average molecular weight is 1420 g/mol. The van der Waals surface area contributed by atoms with Crippen molar-refractivity contribution in [1.29, 1.82) is 0 Å². The van der Waals surface area contributed by atoms with Crippen molar-refractivity contribution in [3.63, 3.8) is 0 Å². The number of aliphatic carboxylic acids is 4. The lowest BCUT2D eigenvalue weighted by Gasteiger charge is -2.50. The fourth-order valence-corrected chi connectivity index (χ4v) is 18.6. The third kappa shape index (κ3) is 29.6. The maximum absolute atomic E-state index is 13.7. The Balaban J connectivity index is -0.000000381. The minimum Gasteiger partial charge on any atom is -0.550 e. The van der Waals surface area contributed by atoms with E-state index in [1.165, 1.54) is 0 Å². The van der Waals surface area contributed by atoms with E-state index in [0.29, 0.717) is 119 Å². The van der Waals surface area contributed by atoms with Gasteiger partial charge < -0.3 is 73.4 Å². The molecule has 2 aliphatic heterocycles. The molecule has 0 aromatic heterocycles. The van der Waals surface area contributed by atoms with Crippen molar-refractivity contribution in [2.45, 2.75) is 189 Å². The second kappa shape index (κ2) is 51.2. The number of hydrogen-bond acceptors (Lipinski definition) is 18. The van der Waals surface area contributed by atoms with Gasteiger partial charge in [-0.05, 0) is 124 Å². The van der Waals surface area contributed by atoms with E-state index in [4.69, 9.17) is 11.5 Å². The van der Waals surface area contributed by atoms with Gasteiger partial charge in [-0.25, -0.2) is 0 Å². The first-order valence-electron chi connectivity index (χ1n) is 30.9. The molecule has 0 radical (unpaired) electrons. The summed E-state index contributed by atoms with van der Waals surface area (Å²) in [5.41, 5.74) is 11.7. The summed E-state index contributed by atoms with van der Waals surface area (Å²) in [4.78, 5) is 127. The van der Waals surface area contributed by atoms with Gasteiger partial charge in [-0.2, -0.15) is 47.0 Å². The summed E-state index contributed by atoms with van der Waals surface area (Å²) >= 11 is 6.40. The summed E-state index contributed by atoms with van der Waals surface area (Å²) in [6.45, 7) is 18.7. The quantitative estimate of drug-likeness (QED) is 0.0344. The number of rotatable bonds is 24. The Hall–Kier alpha value is -3.98. The van der Waals surface area contributed by atoms with Gasteiger partial charge in [0.1, 0.15) is 0 Å². The van der Waals surface area contributed by atoms with Crippen LogP contribution in [-0.2, 0) is 47.9 Å². The smallest absolute Gasteiger partial charge is 0.306 e. The first-order chi connectivity index (χ1) is 40.8. The lowest BCUT2D eigenvalue weighted by atomic mass is 9.66. The van der Waals surface area contributed by atoms with E-state index < -0.39 is 98.5 Å². The number of amides is 6. The summed E-state index contributed by atoms with van der Waals surface area (Å²) in [5.74, 6) is -9.55. The van der Waals surface area contributed by atoms with E-state index in [0.717, 1.165) is 5.75 Å². The topological polar surface area (TPSA) is 381 Å². The van der Waals surface area contributed by atoms with E-state index in [1.807, 2.05) is 55.4 Å². The number of nitrogens with two attached hydrogens (primary N) is 2. The van der Waals surface area contributed by atoms with E-state index >= 15 is 0 Å². The van der Waals surface area contributed by atoms with Crippen LogP contribution in [0.25, 0.3) is 0 Å². The van der Waals surface area contributed by atoms with Crippen molar-refractivity contribution in [1.82, 2.24) is 31.9 Å². The Labute approximate surface area is 585 Å². The minimum absolute atomic E-state index is 0. The molecule has 4 aliphatic rings. The van der Waals surface area contributed by atoms with Crippen LogP contribution in [-0.4, -0.2) is 167 Å². The Morgan fingerprint density at radius 3 is 1.29 bits per heavy atom. The highest BCUT2D eigenvalue weighted by atomic mass is 32.2. The van der Waals surface area contributed by atoms with Gasteiger partial charge in [0.05, 0.1) is 11.8 Å². The highest BCUT2D eigenvalue weighted by molar-refractivity contribution is 8.01. The molecule has 26 heteroatoms. The molecule has 12 N–H and O–H groups in total. The molecule has 6 amide bonds. The van der Waals surface area contributed by atoms with Crippen molar-refractivity contribution in [3.8, 4) is 0 Å². The molecule has 2 saturated carbocycles. The van der Waals surface area contributed by atoms with Crippen LogP contribution in [0.1, 0.15) is 179 Å². The molecular weight excluding hydrogens is 1280 g/mol. The molecule has 2 aliphatic carbocycles. The van der Waals surface area contributed by atoms with Gasteiger partial charge in [-0.1, -0.05) is 115 Å². The van der Waals surface area contributed by atoms with Gasteiger partial charge >= 0.3 is 11.9 Å². The molecule has 94 heavy (non-hydrogen) atoms. The normalized spacial score (nSPS) is 31.2. The number of carbonyl (C=O) groups excluding carboxylic acids is 8. The summed E-state index contributed by atoms with van der Waals surface area (Å²) in [6, 6.07) is 0. The molecule has 18 atom stereocenters. The first kappa shape index (κ1) is 101. The van der Waals surface area contributed by atoms with Gasteiger partial charge in [-0.15, -0.1) is 0 Å². The molecule has 0 aromatic rings. The van der Waals surface area contributed by atoms with Gasteiger partial charge in [0.2, 0.25) is 36.4 Å². The number of carboxylic acids is 4. The molecule has 18 unspecified atom stereocenters. The molecule has 0 spiro atoms. The largest absolute Gasteiger partial charge is 0.550 e. The second-order valence-electron chi connectivity index (χ2n) is 24.7. The fraction of sp³-hybridized carbons (Fsp3) is 0.853. The third-order valence-electron chi connectivity index (χ3n) is 19.6. The monoisotopic (exact) mass is 1410 g/mol. The van der Waals surface area contributed by atoms with E-state index in [2.05, 4.69) is 31.9 Å². The summed E-state index contributed by atoms with van der Waals surface area (Å²) < 4.78 is -1.52. The zero-order chi connectivity index (χ0) is 64.3. The zero-order valence-corrected chi connectivity index (χ0v) is 55.2. The first-order valence-corrected chi connectivity index (χ1v) is 35.2. The van der Waals surface area contributed by atoms with Crippen LogP contribution < -0.4 is 53.6 Å². The van der Waals surface area contributed by atoms with Gasteiger partial charge in [0.15, 0.2) is 0 Å². The highest BCUT2D eigenvalue weighted by Gasteiger charge is 2.54. The standard InChI is InChI=1S/C31H52N4O8S2.C29H52N4O6S2.8CH4/c1-19-13-23(27(38)34-8-11-44-10-7-33-18-37)15-26(30(42)43)22(4)31(5-6-32-17-36)21(3)25(28(39)35-9-12-45-31)16-24(29(40)41)14-20(19)2;1-17-13-21(25(34)32-8-11-40-10-7-31)15-24(28(38)39)20(4)29(5-6-30)19(3)23(26(35)33-9-12-41-29)16-22(27(36)37)14-18(17)2;;;;;;;;/h17-26H,5-16H2,1-4H3,(H,32,36)(H,33,37)(H,34,38)(H,35,39)(H,40,41)(H,42,43);17-24H,5-16,30-31H2,1-4H3,(H,32,34)(H,33,35)(H,36,37)(H,38,39);8*1H4/p-2. The van der Waals surface area contributed by atoms with Crippen LogP contribution >= 0.6 is 47.0 Å². The van der Waals surface area contributed by atoms with Gasteiger partial charge in [0.25, 0.3) is 0 Å². The summed E-state index contributed by atoms with van der Waals surface area (Å²) in [7, 11) is 0.